The van der Waals surface area contributed by atoms with E-state index in [1.54, 1.807) is 6.92 Å². The van der Waals surface area contributed by atoms with E-state index in [9.17, 15) is 0 Å². The first-order valence-electron chi connectivity index (χ1n) is 7.53. The lowest BCUT2D eigenvalue weighted by atomic mass is 10.0. The molecule has 23 heavy (non-hydrogen) atoms. The van der Waals surface area contributed by atoms with Gasteiger partial charge in [-0.25, -0.2) is 0 Å². The van der Waals surface area contributed by atoms with Crippen molar-refractivity contribution in [3.8, 4) is 0 Å². The van der Waals surface area contributed by atoms with Gasteiger partial charge in [0.15, 0.2) is 11.6 Å². The van der Waals surface area contributed by atoms with Gasteiger partial charge in [0.2, 0.25) is 5.89 Å². The Morgan fingerprint density at radius 1 is 1.00 bits per heavy atom. The summed E-state index contributed by atoms with van der Waals surface area (Å²) in [6.07, 6.45) is 3.19. The van der Waals surface area contributed by atoms with Gasteiger partial charge in [0, 0.05) is 13.0 Å². The van der Waals surface area contributed by atoms with Crippen molar-refractivity contribution >= 4 is 11.6 Å². The van der Waals surface area contributed by atoms with E-state index in [1.807, 2.05) is 6.08 Å². The molecule has 0 fully saturated rings. The molecule has 6 heteroatoms. The maximum absolute atomic E-state index is 5.30. The minimum Gasteiger partial charge on any atom is -0.340 e. The Bertz CT molecular complexity index is 815. The maximum atomic E-state index is 5.30. The normalized spacial score (nSPS) is 11.9. The Labute approximate surface area is 134 Å². The Kier molecular flexibility index (Phi) is 4.32. The number of allylic oxidation sites excluding steroid dienone is 1. The first-order valence-corrected chi connectivity index (χ1v) is 7.53. The van der Waals surface area contributed by atoms with Gasteiger partial charge >= 0.3 is 0 Å². The van der Waals surface area contributed by atoms with Crippen molar-refractivity contribution < 1.29 is 9.05 Å². The first-order chi connectivity index (χ1) is 11.1. The van der Waals surface area contributed by atoms with E-state index >= 15 is 0 Å². The van der Waals surface area contributed by atoms with Crippen LogP contribution in [-0.4, -0.2) is 20.3 Å². The molecule has 0 aliphatic carbocycles. The highest BCUT2D eigenvalue weighted by atomic mass is 16.5. The van der Waals surface area contributed by atoms with Crippen molar-refractivity contribution in [3.05, 3.63) is 58.8 Å². The van der Waals surface area contributed by atoms with Gasteiger partial charge in [-0.1, -0.05) is 47.1 Å². The number of rotatable bonds is 5. The van der Waals surface area contributed by atoms with Gasteiger partial charge in [0.25, 0.3) is 5.89 Å². The Balaban J connectivity index is 1.79. The first kappa shape index (κ1) is 15.1. The van der Waals surface area contributed by atoms with Crippen LogP contribution in [0, 0.1) is 13.8 Å². The fourth-order valence-electron chi connectivity index (χ4n) is 2.26. The van der Waals surface area contributed by atoms with Crippen LogP contribution in [0.2, 0.25) is 0 Å². The highest BCUT2D eigenvalue weighted by molar-refractivity contribution is 5.79. The molecule has 0 atom stereocenters. The van der Waals surface area contributed by atoms with Gasteiger partial charge in [0.05, 0.1) is 6.42 Å². The van der Waals surface area contributed by atoms with Gasteiger partial charge < -0.3 is 9.05 Å². The summed E-state index contributed by atoms with van der Waals surface area (Å²) in [6, 6.07) is 8.39. The number of nitrogens with zero attached hydrogens (tertiary/aromatic N) is 4. The van der Waals surface area contributed by atoms with Crippen LogP contribution in [0.3, 0.4) is 0 Å². The maximum Gasteiger partial charge on any atom is 0.250 e. The van der Waals surface area contributed by atoms with Crippen LogP contribution in [0.1, 0.15) is 47.9 Å². The summed E-state index contributed by atoms with van der Waals surface area (Å²) in [5.74, 6) is 2.10. The Morgan fingerprint density at radius 3 is 2.35 bits per heavy atom. The van der Waals surface area contributed by atoms with Gasteiger partial charge in [-0.3, -0.25) is 0 Å². The molecule has 0 saturated carbocycles. The number of hydrogen-bond donors (Lipinski definition) is 0. The van der Waals surface area contributed by atoms with Crippen molar-refractivity contribution in [2.75, 3.05) is 0 Å². The van der Waals surface area contributed by atoms with Crippen LogP contribution in [0.5, 0.6) is 0 Å². The monoisotopic (exact) mass is 310 g/mol. The van der Waals surface area contributed by atoms with Crippen LogP contribution in [0.15, 0.2) is 33.3 Å². The van der Waals surface area contributed by atoms with Gasteiger partial charge in [-0.2, -0.15) is 9.97 Å². The molecular formula is C17H18N4O2. The average Bonchev–Trinajstić information content (AvgIpc) is 3.15. The van der Waals surface area contributed by atoms with Crippen molar-refractivity contribution in [2.45, 2.75) is 33.6 Å². The SMILES string of the molecule is CCC(=Cc1nc(Cc2noc(C)n2)no1)c1ccc(C)cc1. The van der Waals surface area contributed by atoms with Crippen molar-refractivity contribution in [2.24, 2.45) is 0 Å². The lowest BCUT2D eigenvalue weighted by Gasteiger charge is -2.04. The number of benzene rings is 1. The summed E-state index contributed by atoms with van der Waals surface area (Å²) in [6.45, 7) is 5.92. The smallest absolute Gasteiger partial charge is 0.250 e. The van der Waals surface area contributed by atoms with Crippen LogP contribution >= 0.6 is 0 Å². The molecule has 0 radical (unpaired) electrons. The van der Waals surface area contributed by atoms with Crippen LogP contribution in [-0.2, 0) is 6.42 Å². The summed E-state index contributed by atoms with van der Waals surface area (Å²) in [7, 11) is 0. The topological polar surface area (TPSA) is 77.8 Å². The van der Waals surface area contributed by atoms with Crippen molar-refractivity contribution in [3.63, 3.8) is 0 Å². The van der Waals surface area contributed by atoms with Crippen LogP contribution < -0.4 is 0 Å². The zero-order valence-corrected chi connectivity index (χ0v) is 13.4. The predicted molar refractivity (Wildman–Crippen MR) is 85.5 cm³/mol. The minimum absolute atomic E-state index is 0.390. The molecule has 3 aromatic rings. The zero-order chi connectivity index (χ0) is 16.2. The van der Waals surface area contributed by atoms with E-state index in [1.165, 1.54) is 5.56 Å². The Hall–Kier alpha value is -2.76. The third kappa shape index (κ3) is 3.71. The molecule has 1 aromatic carbocycles. The standard InChI is InChI=1S/C17H18N4O2/c1-4-13(14-7-5-11(2)6-8-14)9-17-19-16(21-23-17)10-15-18-12(3)22-20-15/h5-9H,4,10H2,1-3H3. The summed E-state index contributed by atoms with van der Waals surface area (Å²) in [4.78, 5) is 8.50. The van der Waals surface area contributed by atoms with Crippen LogP contribution in [0.4, 0.5) is 0 Å². The Morgan fingerprint density at radius 2 is 1.70 bits per heavy atom. The summed E-state index contributed by atoms with van der Waals surface area (Å²) >= 11 is 0. The molecule has 0 N–H and O–H groups in total. The average molecular weight is 310 g/mol. The molecule has 2 heterocycles. The fraction of sp³-hybridized carbons (Fsp3) is 0.294. The predicted octanol–water partition coefficient (Wildman–Crippen LogP) is 3.61. The van der Waals surface area contributed by atoms with E-state index in [0.717, 1.165) is 17.6 Å². The van der Waals surface area contributed by atoms with E-state index < -0.39 is 0 Å². The summed E-state index contributed by atoms with van der Waals surface area (Å²) in [5, 5.41) is 7.79. The van der Waals surface area contributed by atoms with Gasteiger partial charge in [-0.15, -0.1) is 0 Å². The van der Waals surface area contributed by atoms with Crippen LogP contribution in [0.25, 0.3) is 11.6 Å². The van der Waals surface area contributed by atoms with Crippen molar-refractivity contribution in [1.82, 2.24) is 20.3 Å². The molecule has 3 rings (SSSR count). The second-order valence-electron chi connectivity index (χ2n) is 5.34. The molecule has 0 amide bonds. The van der Waals surface area contributed by atoms with Gasteiger partial charge in [0.1, 0.15) is 0 Å². The summed E-state index contributed by atoms with van der Waals surface area (Å²) < 4.78 is 10.2. The highest BCUT2D eigenvalue weighted by Crippen LogP contribution is 2.21. The van der Waals surface area contributed by atoms with E-state index in [2.05, 4.69) is 58.4 Å². The largest absolute Gasteiger partial charge is 0.340 e. The van der Waals surface area contributed by atoms with Crippen molar-refractivity contribution in [1.29, 1.82) is 0 Å². The lowest BCUT2D eigenvalue weighted by Crippen LogP contribution is -1.93. The quantitative estimate of drug-likeness (QED) is 0.716. The lowest BCUT2D eigenvalue weighted by molar-refractivity contribution is 0.386. The second kappa shape index (κ2) is 6.56. The molecule has 0 unspecified atom stereocenters. The zero-order valence-electron chi connectivity index (χ0n) is 13.4. The summed E-state index contributed by atoms with van der Waals surface area (Å²) in [5.41, 5.74) is 3.54. The molecular weight excluding hydrogens is 292 g/mol. The molecule has 0 saturated heterocycles. The molecule has 0 bridgehead atoms. The second-order valence-corrected chi connectivity index (χ2v) is 5.34. The molecule has 0 spiro atoms. The highest BCUT2D eigenvalue weighted by Gasteiger charge is 2.10. The molecule has 118 valence electrons. The number of aromatic nitrogens is 4. The minimum atomic E-state index is 0.390. The molecule has 6 nitrogen and oxygen atoms in total. The van der Waals surface area contributed by atoms with E-state index in [-0.39, 0.29) is 0 Å². The van der Waals surface area contributed by atoms with E-state index in [0.29, 0.717) is 29.9 Å². The fourth-order valence-corrected chi connectivity index (χ4v) is 2.26. The van der Waals surface area contributed by atoms with E-state index in [4.69, 9.17) is 9.05 Å². The molecule has 2 aromatic heterocycles. The molecule has 0 aliphatic heterocycles. The van der Waals surface area contributed by atoms with Gasteiger partial charge in [-0.05, 0) is 24.5 Å². The number of aryl methyl sites for hydroxylation is 2. The third-order valence-corrected chi connectivity index (χ3v) is 3.47. The third-order valence-electron chi connectivity index (χ3n) is 3.47. The molecule has 0 aliphatic rings. The number of hydrogen-bond acceptors (Lipinski definition) is 6.